The van der Waals surface area contributed by atoms with Crippen LogP contribution in [0.15, 0.2) is 78.1 Å². The Hall–Kier alpha value is -3.07. The zero-order chi connectivity index (χ0) is 39.6. The Kier molecular flexibility index (Phi) is 13.2. The number of allylic oxidation sites excluding steroid dienone is 3. The molecule has 6 aliphatic rings. The van der Waals surface area contributed by atoms with E-state index in [1.807, 2.05) is 12.1 Å². The maximum Gasteiger partial charge on any atom is 0.267 e. The monoisotopic (exact) mass is 746 g/mol. The van der Waals surface area contributed by atoms with E-state index in [1.165, 1.54) is 42.9 Å². The van der Waals surface area contributed by atoms with Gasteiger partial charge in [-0.1, -0.05) is 94.8 Å². The molecule has 1 aromatic rings. The number of ether oxygens (including phenoxy) is 1. The van der Waals surface area contributed by atoms with Crippen molar-refractivity contribution < 1.29 is 23.8 Å². The van der Waals surface area contributed by atoms with Gasteiger partial charge in [-0.05, 0) is 98.5 Å². The first-order valence-electron chi connectivity index (χ1n) is 20.4. The molecule has 4 aliphatic carbocycles. The Labute approximate surface area is 325 Å². The van der Waals surface area contributed by atoms with Crippen LogP contribution in [0.4, 0.5) is 4.39 Å². The number of alkyl halides is 1. The van der Waals surface area contributed by atoms with Crippen molar-refractivity contribution >= 4 is 11.8 Å². The highest BCUT2D eigenvalue weighted by Crippen LogP contribution is 2.65. The molecule has 2 saturated heterocycles. The third-order valence-corrected chi connectivity index (χ3v) is 14.4. The lowest BCUT2D eigenvalue weighted by molar-refractivity contribution is -0.122. The number of carbonyl (C=O) groups is 2. The van der Waals surface area contributed by atoms with E-state index in [1.54, 1.807) is 5.57 Å². The van der Waals surface area contributed by atoms with Crippen molar-refractivity contribution in [3.05, 3.63) is 83.6 Å². The van der Waals surface area contributed by atoms with Gasteiger partial charge in [-0.2, -0.15) is 0 Å². The highest BCUT2D eigenvalue weighted by Gasteiger charge is 2.61. The number of hydrogen-bond donors (Lipinski definition) is 3. The van der Waals surface area contributed by atoms with Crippen molar-refractivity contribution in [3.63, 3.8) is 0 Å². The molecule has 7 rings (SSSR count). The Balaban J connectivity index is 0.000000369. The van der Waals surface area contributed by atoms with Crippen molar-refractivity contribution in [2.24, 2.45) is 35.0 Å². The Morgan fingerprint density at radius 2 is 1.83 bits per heavy atom. The lowest BCUT2D eigenvalue weighted by Gasteiger charge is -2.49. The summed E-state index contributed by atoms with van der Waals surface area (Å²) in [4.78, 5) is 26.3. The predicted octanol–water partition coefficient (Wildman–Crippen LogP) is 8.22. The maximum atomic E-state index is 12.4. The van der Waals surface area contributed by atoms with Gasteiger partial charge in [0.1, 0.15) is 0 Å². The van der Waals surface area contributed by atoms with Crippen LogP contribution in [0, 0.1) is 35.0 Å². The van der Waals surface area contributed by atoms with E-state index in [0.717, 1.165) is 51.1 Å². The highest BCUT2D eigenvalue weighted by atomic mass is 19.1. The van der Waals surface area contributed by atoms with Crippen LogP contribution < -0.4 is 10.6 Å². The smallest absolute Gasteiger partial charge is 0.267 e. The van der Waals surface area contributed by atoms with Crippen LogP contribution in [0.2, 0.25) is 0 Å². The molecule has 1 aromatic carbocycles. The molecule has 7 nitrogen and oxygen atoms in total. The van der Waals surface area contributed by atoms with Crippen LogP contribution in [0.5, 0.6) is 0 Å². The Morgan fingerprint density at radius 3 is 2.50 bits per heavy atom. The van der Waals surface area contributed by atoms with E-state index >= 15 is 0 Å². The highest BCUT2D eigenvalue weighted by molar-refractivity contribution is 5.96. The fourth-order valence-corrected chi connectivity index (χ4v) is 11.4. The fourth-order valence-electron chi connectivity index (χ4n) is 11.4. The van der Waals surface area contributed by atoms with Gasteiger partial charge in [-0.25, -0.2) is 0 Å². The minimum atomic E-state index is -0.325. The second-order valence-corrected chi connectivity index (χ2v) is 17.9. The predicted molar refractivity (Wildman–Crippen MR) is 216 cm³/mol. The molecule has 10 atom stereocenters. The number of carbonyl (C=O) groups excluding carboxylic acids is 2. The lowest BCUT2D eigenvalue weighted by Crippen LogP contribution is -2.54. The molecule has 0 bridgehead atoms. The summed E-state index contributed by atoms with van der Waals surface area (Å²) in [5.41, 5.74) is 6.29. The standard InChI is InChI=1S/C34H51N3O4.C11H14.CH3F/c1-19-15-30-31(37(18-19)14-13-35-32(40)22(4)36-23(5)38)21(3)34(41-30)12-10-26-27-8-7-24-16-25(39)9-11-33(24,6)29(27)17-28(26)20(34)2;1-4-11(2,3)10-8-6-5-7-9-10;1-2/h7,19,21,25-27,29-31,39H,4,8-18H2,1-3,5-6H3,(H,35,40)(H,36,38);4-9H,1H2,2-3H3;1H3/t19?,21-,25?,26?,27?,29?,30?,31?,33?,34?;;/m1../s1. The summed E-state index contributed by atoms with van der Waals surface area (Å²) in [5, 5.41) is 15.8. The molecule has 298 valence electrons. The maximum absolute atomic E-state index is 12.4. The third-order valence-electron chi connectivity index (χ3n) is 14.4. The zero-order valence-electron chi connectivity index (χ0n) is 34.3. The number of amides is 2. The molecule has 8 heteroatoms. The largest absolute Gasteiger partial charge is 0.393 e. The first-order valence-corrected chi connectivity index (χ1v) is 20.4. The topological polar surface area (TPSA) is 90.9 Å². The molecule has 54 heavy (non-hydrogen) atoms. The average Bonchev–Trinajstić information content (AvgIpc) is 3.67. The van der Waals surface area contributed by atoms with E-state index in [4.69, 9.17) is 4.74 Å². The van der Waals surface area contributed by atoms with Crippen LogP contribution in [-0.2, 0) is 19.7 Å². The van der Waals surface area contributed by atoms with Crippen molar-refractivity contribution in [3.8, 4) is 0 Å². The van der Waals surface area contributed by atoms with E-state index < -0.39 is 0 Å². The van der Waals surface area contributed by atoms with Crippen LogP contribution >= 0.6 is 0 Å². The van der Waals surface area contributed by atoms with Crippen LogP contribution in [0.25, 0.3) is 0 Å². The van der Waals surface area contributed by atoms with E-state index in [9.17, 15) is 19.1 Å². The number of nitrogens with zero attached hydrogens (tertiary/aromatic N) is 1. The van der Waals surface area contributed by atoms with Crippen LogP contribution in [0.1, 0.15) is 105 Å². The van der Waals surface area contributed by atoms with Crippen LogP contribution in [0.3, 0.4) is 0 Å². The van der Waals surface area contributed by atoms with Gasteiger partial charge in [0.15, 0.2) is 0 Å². The molecule has 1 spiro atoms. The zero-order valence-corrected chi connectivity index (χ0v) is 34.3. The SMILES string of the molecule is C=C(NC(C)=O)C(=O)NCCN1CC(C)CC2OC3(CCC4C(=C3C)CC3C4CC=C4CC(O)CCC43C)[C@H](C)C21.C=CC(C)(C)c1ccccc1.CF. The van der Waals surface area contributed by atoms with Gasteiger partial charge in [-0.3, -0.25) is 18.9 Å². The summed E-state index contributed by atoms with van der Waals surface area (Å²) in [5.74, 6) is 2.40. The molecule has 3 N–H and O–H groups in total. The number of rotatable bonds is 7. The lowest BCUT2D eigenvalue weighted by atomic mass is 9.56. The molecule has 2 saturated carbocycles. The number of piperidine rings is 1. The summed E-state index contributed by atoms with van der Waals surface area (Å²) in [6.07, 6.45) is 13.2. The molecule has 0 radical (unpaired) electrons. The van der Waals surface area contributed by atoms with Crippen molar-refractivity contribution in [2.45, 2.75) is 129 Å². The van der Waals surface area contributed by atoms with Gasteiger partial charge in [0.2, 0.25) is 5.91 Å². The second-order valence-electron chi connectivity index (χ2n) is 17.9. The molecule has 0 aromatic heterocycles. The summed E-state index contributed by atoms with van der Waals surface area (Å²) in [6.45, 7) is 25.1. The fraction of sp³-hybridized carbons (Fsp3) is 0.652. The number of nitrogens with one attached hydrogen (secondary N) is 2. The van der Waals surface area contributed by atoms with Gasteiger partial charge in [0.25, 0.3) is 5.91 Å². The molecule has 4 fully saturated rings. The number of fused-ring (bicyclic) bond motifs is 6. The molecule has 2 heterocycles. The Bertz CT molecular complexity index is 1600. The first kappa shape index (κ1) is 42.1. The molecular formula is C46H68FN3O4. The van der Waals surface area contributed by atoms with E-state index in [-0.39, 0.29) is 46.2 Å². The van der Waals surface area contributed by atoms with Gasteiger partial charge >= 0.3 is 0 Å². The summed E-state index contributed by atoms with van der Waals surface area (Å²) in [7, 11) is 0.500. The minimum absolute atomic E-state index is 0.0932. The number of hydrogen-bond acceptors (Lipinski definition) is 5. The third kappa shape index (κ3) is 8.08. The average molecular weight is 746 g/mol. The summed E-state index contributed by atoms with van der Waals surface area (Å²) >= 11 is 0. The number of benzene rings is 1. The quantitative estimate of drug-likeness (QED) is 0.193. The van der Waals surface area contributed by atoms with Crippen LogP contribution in [-0.4, -0.2) is 72.5 Å². The molecule has 2 aliphatic heterocycles. The number of aliphatic hydroxyl groups excluding tert-OH is 1. The van der Waals surface area contributed by atoms with Gasteiger partial charge in [0.05, 0.1) is 30.7 Å². The van der Waals surface area contributed by atoms with Crippen molar-refractivity contribution in [1.29, 1.82) is 0 Å². The summed E-state index contributed by atoms with van der Waals surface area (Å²) < 4.78 is 16.7. The van der Waals surface area contributed by atoms with Crippen molar-refractivity contribution in [2.75, 3.05) is 26.8 Å². The number of halogens is 1. The number of aliphatic hydroxyl groups is 1. The van der Waals surface area contributed by atoms with E-state index in [0.29, 0.717) is 43.4 Å². The molecule has 2 amide bonds. The normalized spacial score (nSPS) is 35.4. The molecular weight excluding hydrogens is 678 g/mol. The first-order chi connectivity index (χ1) is 25.6. The number of likely N-dealkylation sites (tertiary alicyclic amines) is 1. The van der Waals surface area contributed by atoms with Gasteiger partial charge < -0.3 is 20.5 Å². The molecule has 9 unspecified atom stereocenters. The van der Waals surface area contributed by atoms with Crippen molar-refractivity contribution in [1.82, 2.24) is 15.5 Å². The second kappa shape index (κ2) is 17.0. The summed E-state index contributed by atoms with van der Waals surface area (Å²) in [6, 6.07) is 10.7. The van der Waals surface area contributed by atoms with E-state index in [2.05, 4.69) is 101 Å². The Morgan fingerprint density at radius 1 is 1.13 bits per heavy atom. The van der Waals surface area contributed by atoms with Gasteiger partial charge in [-0.15, -0.1) is 6.58 Å². The van der Waals surface area contributed by atoms with Gasteiger partial charge in [0, 0.05) is 43.9 Å². The minimum Gasteiger partial charge on any atom is -0.393 e.